The van der Waals surface area contributed by atoms with Crippen LogP contribution in [0.15, 0.2) is 47.1 Å². The molecule has 0 radical (unpaired) electrons. The molecule has 2 aromatic rings. The number of furan rings is 1. The molecule has 1 heterocycles. The summed E-state index contributed by atoms with van der Waals surface area (Å²) in [6.45, 7) is 3.89. The van der Waals surface area contributed by atoms with E-state index in [4.69, 9.17) is 4.42 Å². The van der Waals surface area contributed by atoms with Gasteiger partial charge < -0.3 is 9.73 Å². The number of hydrogen-bond acceptors (Lipinski definition) is 3. The van der Waals surface area contributed by atoms with Crippen molar-refractivity contribution in [2.75, 3.05) is 5.32 Å². The highest BCUT2D eigenvalue weighted by molar-refractivity contribution is 7.99. The number of carbonyl (C=O) groups excluding carboxylic acids is 1. The van der Waals surface area contributed by atoms with Crippen molar-refractivity contribution in [3.05, 3.63) is 54.0 Å². The van der Waals surface area contributed by atoms with E-state index < -0.39 is 0 Å². The summed E-state index contributed by atoms with van der Waals surface area (Å²) >= 11 is 1.56. The zero-order valence-electron chi connectivity index (χ0n) is 11.1. The van der Waals surface area contributed by atoms with Crippen LogP contribution in [0.4, 0.5) is 5.69 Å². The average molecular weight is 275 g/mol. The van der Waals surface area contributed by atoms with Gasteiger partial charge in [-0.1, -0.05) is 18.2 Å². The van der Waals surface area contributed by atoms with Crippen LogP contribution in [0.1, 0.15) is 18.2 Å². The molecule has 0 aliphatic rings. The maximum absolute atomic E-state index is 12.1. The first-order chi connectivity index (χ1) is 9.16. The van der Waals surface area contributed by atoms with Crippen molar-refractivity contribution in [3.8, 4) is 0 Å². The first-order valence-electron chi connectivity index (χ1n) is 6.17. The Morgan fingerprint density at radius 3 is 2.79 bits per heavy atom. The van der Waals surface area contributed by atoms with Crippen LogP contribution in [0, 0.1) is 6.92 Å². The lowest BCUT2D eigenvalue weighted by Crippen LogP contribution is -2.22. The van der Waals surface area contributed by atoms with Crippen molar-refractivity contribution >= 4 is 23.4 Å². The van der Waals surface area contributed by atoms with E-state index in [1.54, 1.807) is 18.0 Å². The topological polar surface area (TPSA) is 42.2 Å². The predicted molar refractivity (Wildman–Crippen MR) is 79.3 cm³/mol. The number of nitrogens with one attached hydrogen (secondary N) is 1. The third-order valence-electron chi connectivity index (χ3n) is 2.83. The van der Waals surface area contributed by atoms with E-state index in [0.29, 0.717) is 5.75 Å². The van der Waals surface area contributed by atoms with Crippen LogP contribution < -0.4 is 5.32 Å². The molecule has 0 aliphatic heterocycles. The molecule has 2 rings (SSSR count). The number of aryl methyl sites for hydroxylation is 1. The second-order valence-corrected chi connectivity index (χ2v) is 5.67. The number of amides is 1. The Kier molecular flexibility index (Phi) is 4.68. The molecule has 0 aliphatic carbocycles. The summed E-state index contributed by atoms with van der Waals surface area (Å²) in [6.07, 6.45) is 1.65. The van der Waals surface area contributed by atoms with Crippen LogP contribution in [0.5, 0.6) is 0 Å². The first-order valence-corrected chi connectivity index (χ1v) is 7.22. The minimum Gasteiger partial charge on any atom is -0.468 e. The van der Waals surface area contributed by atoms with Crippen molar-refractivity contribution < 1.29 is 9.21 Å². The number of carbonyl (C=O) groups is 1. The number of rotatable bonds is 5. The van der Waals surface area contributed by atoms with Gasteiger partial charge in [-0.05, 0) is 37.6 Å². The quantitative estimate of drug-likeness (QED) is 0.901. The largest absolute Gasteiger partial charge is 0.468 e. The molecule has 1 aromatic heterocycles. The Morgan fingerprint density at radius 2 is 2.11 bits per heavy atom. The number of para-hydroxylation sites is 1. The van der Waals surface area contributed by atoms with Crippen LogP contribution in [0.3, 0.4) is 0 Å². The zero-order chi connectivity index (χ0) is 13.7. The summed E-state index contributed by atoms with van der Waals surface area (Å²) in [4.78, 5) is 12.1. The van der Waals surface area contributed by atoms with E-state index in [1.165, 1.54) is 0 Å². The fraction of sp³-hybridized carbons (Fsp3) is 0.267. The van der Waals surface area contributed by atoms with E-state index in [1.807, 2.05) is 50.2 Å². The molecule has 0 fully saturated rings. The van der Waals surface area contributed by atoms with Gasteiger partial charge in [-0.2, -0.15) is 0 Å². The van der Waals surface area contributed by atoms with Gasteiger partial charge in [0.15, 0.2) is 0 Å². The number of benzene rings is 1. The normalized spacial score (nSPS) is 12.1. The molecule has 3 nitrogen and oxygen atoms in total. The van der Waals surface area contributed by atoms with Crippen LogP contribution in [-0.2, 0) is 10.5 Å². The van der Waals surface area contributed by atoms with Gasteiger partial charge in [0.1, 0.15) is 5.76 Å². The predicted octanol–water partition coefficient (Wildman–Crippen LogP) is 3.85. The summed E-state index contributed by atoms with van der Waals surface area (Å²) < 4.78 is 5.25. The minimum atomic E-state index is -0.121. The van der Waals surface area contributed by atoms with E-state index in [0.717, 1.165) is 17.0 Å². The standard InChI is InChI=1S/C15H17NO2S/c1-11-6-3-4-8-14(11)16-15(17)12(2)19-10-13-7-5-9-18-13/h3-9,12H,10H2,1-2H3,(H,16,17). The highest BCUT2D eigenvalue weighted by Gasteiger charge is 2.14. The van der Waals surface area contributed by atoms with E-state index in [2.05, 4.69) is 5.32 Å². The van der Waals surface area contributed by atoms with Gasteiger partial charge in [-0.3, -0.25) is 4.79 Å². The molecule has 1 aromatic carbocycles. The lowest BCUT2D eigenvalue weighted by molar-refractivity contribution is -0.115. The SMILES string of the molecule is Cc1ccccc1NC(=O)C(C)SCc1ccco1. The summed E-state index contributed by atoms with van der Waals surface area (Å²) in [5.41, 5.74) is 1.94. The molecule has 1 N–H and O–H groups in total. The van der Waals surface area contributed by atoms with Crippen LogP contribution in [0.2, 0.25) is 0 Å². The molecule has 100 valence electrons. The Bertz CT molecular complexity index is 537. The molecule has 1 atom stereocenters. The van der Waals surface area contributed by atoms with Crippen molar-refractivity contribution in [2.45, 2.75) is 24.9 Å². The zero-order valence-corrected chi connectivity index (χ0v) is 11.9. The molecule has 0 bridgehead atoms. The van der Waals surface area contributed by atoms with Crippen LogP contribution >= 0.6 is 11.8 Å². The molecular weight excluding hydrogens is 258 g/mol. The third kappa shape index (κ3) is 3.89. The van der Waals surface area contributed by atoms with Gasteiger partial charge in [0.25, 0.3) is 0 Å². The van der Waals surface area contributed by atoms with Gasteiger partial charge in [0.2, 0.25) is 5.91 Å². The van der Waals surface area contributed by atoms with Crippen molar-refractivity contribution in [1.82, 2.24) is 0 Å². The molecular formula is C15H17NO2S. The average Bonchev–Trinajstić information content (AvgIpc) is 2.91. The van der Waals surface area contributed by atoms with Crippen LogP contribution in [0.25, 0.3) is 0 Å². The molecule has 1 amide bonds. The minimum absolute atomic E-state index is 0.0193. The second-order valence-electron chi connectivity index (χ2n) is 4.34. The lowest BCUT2D eigenvalue weighted by Gasteiger charge is -2.12. The summed E-state index contributed by atoms with van der Waals surface area (Å²) in [5, 5.41) is 2.83. The lowest BCUT2D eigenvalue weighted by atomic mass is 10.2. The highest BCUT2D eigenvalue weighted by Crippen LogP contribution is 2.20. The van der Waals surface area contributed by atoms with Crippen molar-refractivity contribution in [2.24, 2.45) is 0 Å². The number of thioether (sulfide) groups is 1. The monoisotopic (exact) mass is 275 g/mol. The summed E-state index contributed by atoms with van der Waals surface area (Å²) in [5.74, 6) is 1.61. The molecule has 1 unspecified atom stereocenters. The van der Waals surface area contributed by atoms with Crippen molar-refractivity contribution in [3.63, 3.8) is 0 Å². The summed E-state index contributed by atoms with van der Waals surface area (Å²) in [7, 11) is 0. The molecule has 0 spiro atoms. The highest BCUT2D eigenvalue weighted by atomic mass is 32.2. The van der Waals surface area contributed by atoms with Gasteiger partial charge in [0, 0.05) is 5.69 Å². The Morgan fingerprint density at radius 1 is 1.32 bits per heavy atom. The molecule has 4 heteroatoms. The maximum Gasteiger partial charge on any atom is 0.237 e. The Balaban J connectivity index is 1.87. The van der Waals surface area contributed by atoms with Crippen molar-refractivity contribution in [1.29, 1.82) is 0 Å². The Hall–Kier alpha value is -1.68. The fourth-order valence-corrected chi connectivity index (χ4v) is 2.41. The smallest absolute Gasteiger partial charge is 0.237 e. The van der Waals surface area contributed by atoms with E-state index in [9.17, 15) is 4.79 Å². The second kappa shape index (κ2) is 6.48. The van der Waals surface area contributed by atoms with Gasteiger partial charge in [-0.25, -0.2) is 0 Å². The summed E-state index contributed by atoms with van der Waals surface area (Å²) in [6, 6.07) is 11.5. The Labute approximate surface area is 117 Å². The first kappa shape index (κ1) is 13.7. The van der Waals surface area contributed by atoms with E-state index in [-0.39, 0.29) is 11.2 Å². The van der Waals surface area contributed by atoms with Gasteiger partial charge in [0.05, 0.1) is 17.3 Å². The number of anilines is 1. The number of hydrogen-bond donors (Lipinski definition) is 1. The maximum atomic E-state index is 12.1. The van der Waals surface area contributed by atoms with Gasteiger partial charge in [-0.15, -0.1) is 11.8 Å². The molecule has 0 saturated carbocycles. The van der Waals surface area contributed by atoms with E-state index >= 15 is 0 Å². The fourth-order valence-electron chi connectivity index (χ4n) is 1.63. The molecule has 0 saturated heterocycles. The molecule has 19 heavy (non-hydrogen) atoms. The third-order valence-corrected chi connectivity index (χ3v) is 3.99. The van der Waals surface area contributed by atoms with Gasteiger partial charge >= 0.3 is 0 Å². The van der Waals surface area contributed by atoms with Crippen LogP contribution in [-0.4, -0.2) is 11.2 Å².